The topological polar surface area (TPSA) is 84.7 Å². The van der Waals surface area contributed by atoms with E-state index in [4.69, 9.17) is 4.74 Å². The number of piperazine rings is 1. The second kappa shape index (κ2) is 8.78. The van der Waals surface area contributed by atoms with E-state index >= 15 is 0 Å². The van der Waals surface area contributed by atoms with Gasteiger partial charge in [-0.1, -0.05) is 6.92 Å². The van der Waals surface area contributed by atoms with Crippen LogP contribution < -0.4 is 15.2 Å². The first-order valence-electron chi connectivity index (χ1n) is 10.6. The fourth-order valence-electron chi connectivity index (χ4n) is 4.30. The lowest BCUT2D eigenvalue weighted by molar-refractivity contribution is 0.201. The SMILES string of the molecule is CC1CCC(Oc2c(N3CCN(S(C)(=O)=O)CC3)cnn(-c3cc(F)cc(F)c3)c2=O)C1. The highest BCUT2D eigenvalue weighted by atomic mass is 32.2. The summed E-state index contributed by atoms with van der Waals surface area (Å²) in [6, 6.07) is 2.79. The molecule has 0 N–H and O–H groups in total. The number of benzene rings is 1. The maximum atomic E-state index is 13.7. The predicted molar refractivity (Wildman–Crippen MR) is 116 cm³/mol. The zero-order valence-electron chi connectivity index (χ0n) is 18.0. The lowest BCUT2D eigenvalue weighted by Gasteiger charge is -2.35. The van der Waals surface area contributed by atoms with Crippen molar-refractivity contribution in [2.24, 2.45) is 5.92 Å². The van der Waals surface area contributed by atoms with Crippen molar-refractivity contribution in [3.8, 4) is 11.4 Å². The molecule has 1 saturated heterocycles. The molecule has 32 heavy (non-hydrogen) atoms. The molecule has 11 heteroatoms. The van der Waals surface area contributed by atoms with Gasteiger partial charge in [0.25, 0.3) is 0 Å². The third-order valence-electron chi connectivity index (χ3n) is 5.99. The molecule has 1 saturated carbocycles. The van der Waals surface area contributed by atoms with Crippen LogP contribution in [-0.2, 0) is 10.0 Å². The standard InChI is InChI=1S/C21H26F2N4O4S/c1-14-3-4-18(9-14)31-20-19(25-5-7-26(8-6-25)32(2,29)30)13-24-27(21(20)28)17-11-15(22)10-16(23)12-17/h10-14,18H,3-9H2,1-2H3. The molecule has 2 aromatic rings. The number of aromatic nitrogens is 2. The normalized spacial score (nSPS) is 22.3. The van der Waals surface area contributed by atoms with Gasteiger partial charge in [-0.2, -0.15) is 14.1 Å². The van der Waals surface area contributed by atoms with E-state index in [0.717, 1.165) is 42.1 Å². The Balaban J connectivity index is 1.71. The summed E-state index contributed by atoms with van der Waals surface area (Å²) in [5.74, 6) is -1.09. The van der Waals surface area contributed by atoms with Gasteiger partial charge in [-0.15, -0.1) is 0 Å². The van der Waals surface area contributed by atoms with E-state index in [0.29, 0.717) is 24.7 Å². The number of hydrogen-bond donors (Lipinski definition) is 0. The summed E-state index contributed by atoms with van der Waals surface area (Å²) in [5, 5.41) is 4.14. The number of nitrogens with zero attached hydrogens (tertiary/aromatic N) is 4. The highest BCUT2D eigenvalue weighted by molar-refractivity contribution is 7.88. The van der Waals surface area contributed by atoms with E-state index in [9.17, 15) is 22.0 Å². The molecule has 1 aromatic carbocycles. The minimum Gasteiger partial charge on any atom is -0.483 e. The molecule has 0 radical (unpaired) electrons. The Labute approximate surface area is 185 Å². The van der Waals surface area contributed by atoms with Gasteiger partial charge < -0.3 is 9.64 Å². The van der Waals surface area contributed by atoms with Gasteiger partial charge >= 0.3 is 5.56 Å². The monoisotopic (exact) mass is 468 g/mol. The minimum absolute atomic E-state index is 0.0365. The summed E-state index contributed by atoms with van der Waals surface area (Å²) >= 11 is 0. The van der Waals surface area contributed by atoms with Gasteiger partial charge in [0, 0.05) is 32.2 Å². The van der Waals surface area contributed by atoms with Crippen molar-refractivity contribution < 1.29 is 21.9 Å². The number of hydrogen-bond acceptors (Lipinski definition) is 6. The van der Waals surface area contributed by atoms with Crippen LogP contribution in [0.4, 0.5) is 14.5 Å². The summed E-state index contributed by atoms with van der Waals surface area (Å²) in [7, 11) is -3.30. The number of rotatable bonds is 5. The molecule has 2 heterocycles. The number of sulfonamides is 1. The van der Waals surface area contributed by atoms with Gasteiger partial charge in [-0.3, -0.25) is 4.79 Å². The number of anilines is 1. The first-order chi connectivity index (χ1) is 15.1. The molecule has 0 spiro atoms. The van der Waals surface area contributed by atoms with Crippen molar-refractivity contribution in [2.45, 2.75) is 32.3 Å². The van der Waals surface area contributed by atoms with Gasteiger partial charge in [-0.25, -0.2) is 17.2 Å². The fraction of sp³-hybridized carbons (Fsp3) is 0.524. The van der Waals surface area contributed by atoms with Gasteiger partial charge in [0.15, 0.2) is 0 Å². The van der Waals surface area contributed by atoms with Crippen LogP contribution in [0.2, 0.25) is 0 Å². The molecular weight excluding hydrogens is 442 g/mol. The maximum Gasteiger partial charge on any atom is 0.316 e. The maximum absolute atomic E-state index is 13.7. The van der Waals surface area contributed by atoms with Gasteiger partial charge in [0.05, 0.1) is 24.2 Å². The number of ether oxygens (including phenoxy) is 1. The van der Waals surface area contributed by atoms with Crippen molar-refractivity contribution >= 4 is 15.7 Å². The Morgan fingerprint density at radius 2 is 1.72 bits per heavy atom. The van der Waals surface area contributed by atoms with E-state index in [-0.39, 0.29) is 30.6 Å². The molecule has 1 aliphatic heterocycles. The van der Waals surface area contributed by atoms with Gasteiger partial charge in [0.2, 0.25) is 15.8 Å². The molecule has 2 fully saturated rings. The number of halogens is 2. The largest absolute Gasteiger partial charge is 0.483 e. The van der Waals surface area contributed by atoms with Crippen molar-refractivity contribution in [3.63, 3.8) is 0 Å². The Morgan fingerprint density at radius 3 is 2.28 bits per heavy atom. The van der Waals surface area contributed by atoms with Crippen LogP contribution in [0.1, 0.15) is 26.2 Å². The average molecular weight is 469 g/mol. The van der Waals surface area contributed by atoms with Crippen LogP contribution in [0.25, 0.3) is 5.69 Å². The molecule has 2 unspecified atom stereocenters. The second-order valence-corrected chi connectivity index (χ2v) is 10.5. The zero-order chi connectivity index (χ0) is 23.0. The molecule has 0 amide bonds. The Bertz CT molecular complexity index is 1140. The summed E-state index contributed by atoms with van der Waals surface area (Å²) in [4.78, 5) is 15.2. The van der Waals surface area contributed by atoms with Crippen molar-refractivity contribution in [3.05, 3.63) is 46.4 Å². The lowest BCUT2D eigenvalue weighted by Crippen LogP contribution is -2.49. The third-order valence-corrected chi connectivity index (χ3v) is 7.29. The van der Waals surface area contributed by atoms with E-state index in [1.54, 1.807) is 0 Å². The highest BCUT2D eigenvalue weighted by Gasteiger charge is 2.30. The molecular formula is C21H26F2N4O4S. The van der Waals surface area contributed by atoms with Crippen molar-refractivity contribution in [1.29, 1.82) is 0 Å². The average Bonchev–Trinajstić information content (AvgIpc) is 3.13. The zero-order valence-corrected chi connectivity index (χ0v) is 18.8. The molecule has 2 atom stereocenters. The van der Waals surface area contributed by atoms with Crippen LogP contribution in [-0.4, -0.2) is 61.0 Å². The van der Waals surface area contributed by atoms with Crippen molar-refractivity contribution in [1.82, 2.24) is 14.1 Å². The highest BCUT2D eigenvalue weighted by Crippen LogP contribution is 2.32. The first-order valence-corrected chi connectivity index (χ1v) is 12.4. The first kappa shape index (κ1) is 22.7. The van der Waals surface area contributed by atoms with E-state index in [1.807, 2.05) is 4.90 Å². The third kappa shape index (κ3) is 4.78. The predicted octanol–water partition coefficient (Wildman–Crippen LogP) is 2.16. The van der Waals surface area contributed by atoms with Crippen LogP contribution >= 0.6 is 0 Å². The van der Waals surface area contributed by atoms with E-state index < -0.39 is 27.2 Å². The minimum atomic E-state index is -3.30. The summed E-state index contributed by atoms with van der Waals surface area (Å²) in [6.45, 7) is 3.40. The summed E-state index contributed by atoms with van der Waals surface area (Å²) < 4.78 is 59.6. The molecule has 174 valence electrons. The van der Waals surface area contributed by atoms with Gasteiger partial charge in [0.1, 0.15) is 17.3 Å². The molecule has 8 nitrogen and oxygen atoms in total. The summed E-state index contributed by atoms with van der Waals surface area (Å²) in [6.07, 6.45) is 5.06. The van der Waals surface area contributed by atoms with Crippen LogP contribution in [0, 0.1) is 17.6 Å². The molecule has 4 rings (SSSR count). The van der Waals surface area contributed by atoms with Crippen LogP contribution in [0.5, 0.6) is 5.75 Å². The quantitative estimate of drug-likeness (QED) is 0.669. The molecule has 2 aliphatic rings. The smallest absolute Gasteiger partial charge is 0.316 e. The summed E-state index contributed by atoms with van der Waals surface area (Å²) in [5.41, 5.74) is -0.195. The van der Waals surface area contributed by atoms with Crippen LogP contribution in [0.3, 0.4) is 0 Å². The van der Waals surface area contributed by atoms with E-state index in [2.05, 4.69) is 12.0 Å². The van der Waals surface area contributed by atoms with Gasteiger partial charge in [-0.05, 0) is 37.3 Å². The van der Waals surface area contributed by atoms with Crippen LogP contribution in [0.15, 0.2) is 29.2 Å². The lowest BCUT2D eigenvalue weighted by atomic mass is 10.1. The molecule has 1 aromatic heterocycles. The molecule has 0 bridgehead atoms. The molecule has 1 aliphatic carbocycles. The fourth-order valence-corrected chi connectivity index (χ4v) is 5.13. The Morgan fingerprint density at radius 1 is 1.06 bits per heavy atom. The Kier molecular flexibility index (Phi) is 6.22. The second-order valence-electron chi connectivity index (χ2n) is 8.51. The van der Waals surface area contributed by atoms with E-state index in [1.165, 1.54) is 16.8 Å². The van der Waals surface area contributed by atoms with Crippen molar-refractivity contribution in [2.75, 3.05) is 37.3 Å². The Hall–Kier alpha value is -2.53.